The Morgan fingerprint density at radius 2 is 2.38 bits per heavy atom. The summed E-state index contributed by atoms with van der Waals surface area (Å²) in [6, 6.07) is 5.04. The molecular weight excluding hydrogens is 228 g/mol. The summed E-state index contributed by atoms with van der Waals surface area (Å²) in [7, 11) is 0. The Bertz CT molecular complexity index is 425. The molecule has 1 aromatic heterocycles. The minimum Gasteiger partial charge on any atom is -0.465 e. The molecule has 1 atom stereocenters. The van der Waals surface area contributed by atoms with Crippen molar-refractivity contribution in [3.05, 3.63) is 29.0 Å². The van der Waals surface area contributed by atoms with Crippen LogP contribution in [0.5, 0.6) is 0 Å². The highest BCUT2D eigenvalue weighted by Gasteiger charge is 2.38. The summed E-state index contributed by atoms with van der Waals surface area (Å²) in [4.78, 5) is 15.6. The van der Waals surface area contributed by atoms with E-state index in [1.165, 1.54) is 13.1 Å². The van der Waals surface area contributed by atoms with Gasteiger partial charge in [-0.15, -0.1) is 0 Å². The van der Waals surface area contributed by atoms with Crippen LogP contribution < -0.4 is 0 Å². The van der Waals surface area contributed by atoms with Gasteiger partial charge in [-0.25, -0.2) is 4.79 Å². The Morgan fingerprint density at radius 3 is 2.81 bits per heavy atom. The molecule has 4 nitrogen and oxygen atoms in total. The third-order valence-corrected chi connectivity index (χ3v) is 2.37. The van der Waals surface area contributed by atoms with Gasteiger partial charge in [-0.3, -0.25) is 4.98 Å². The summed E-state index contributed by atoms with van der Waals surface area (Å²) in [5, 5.41) is 9.53. The standard InChI is InChI=1S/C11H11ClN2O2/c1-3-16-10(15)11(2,7-13)9-5-4-8(12)6-14-9/h4-6H,3H2,1-2H3. The molecule has 0 fully saturated rings. The molecule has 1 heterocycles. The molecule has 1 aromatic rings. The molecule has 0 amide bonds. The van der Waals surface area contributed by atoms with Crippen LogP contribution in [-0.2, 0) is 14.9 Å². The monoisotopic (exact) mass is 238 g/mol. The van der Waals surface area contributed by atoms with E-state index in [1.54, 1.807) is 19.1 Å². The number of hydrogen-bond acceptors (Lipinski definition) is 4. The molecule has 0 bridgehead atoms. The molecule has 5 heteroatoms. The van der Waals surface area contributed by atoms with Crippen LogP contribution in [0.3, 0.4) is 0 Å². The van der Waals surface area contributed by atoms with E-state index in [0.717, 1.165) is 0 Å². The number of halogens is 1. The van der Waals surface area contributed by atoms with Gasteiger partial charge in [0.25, 0.3) is 0 Å². The number of ether oxygens (including phenoxy) is 1. The largest absolute Gasteiger partial charge is 0.465 e. The number of hydrogen-bond donors (Lipinski definition) is 0. The maximum atomic E-state index is 11.7. The summed E-state index contributed by atoms with van der Waals surface area (Å²) in [5.74, 6) is -0.604. The van der Waals surface area contributed by atoms with Gasteiger partial charge >= 0.3 is 5.97 Å². The Balaban J connectivity index is 3.10. The van der Waals surface area contributed by atoms with Crippen LogP contribution in [0.2, 0.25) is 5.02 Å². The lowest BCUT2D eigenvalue weighted by Gasteiger charge is -2.18. The van der Waals surface area contributed by atoms with E-state index in [0.29, 0.717) is 10.7 Å². The van der Waals surface area contributed by atoms with Crippen LogP contribution >= 0.6 is 11.6 Å². The Labute approximate surface area is 98.8 Å². The second-order valence-electron chi connectivity index (χ2n) is 3.32. The predicted molar refractivity (Wildman–Crippen MR) is 58.8 cm³/mol. The van der Waals surface area contributed by atoms with Gasteiger partial charge in [0.1, 0.15) is 0 Å². The van der Waals surface area contributed by atoms with E-state index in [4.69, 9.17) is 21.6 Å². The lowest BCUT2D eigenvalue weighted by atomic mass is 9.88. The fourth-order valence-corrected chi connectivity index (χ4v) is 1.27. The fraction of sp³-hybridized carbons (Fsp3) is 0.364. The number of carbonyl (C=O) groups excluding carboxylic acids is 1. The topological polar surface area (TPSA) is 63.0 Å². The Kier molecular flexibility index (Phi) is 3.86. The fourth-order valence-electron chi connectivity index (χ4n) is 1.15. The third kappa shape index (κ3) is 2.31. The molecule has 0 saturated heterocycles. The van der Waals surface area contributed by atoms with Gasteiger partial charge in [-0.05, 0) is 26.0 Å². The summed E-state index contributed by atoms with van der Waals surface area (Å²) in [5.41, 5.74) is -1.06. The van der Waals surface area contributed by atoms with Crippen molar-refractivity contribution in [1.29, 1.82) is 5.26 Å². The first kappa shape index (κ1) is 12.5. The molecule has 0 spiro atoms. The van der Waals surface area contributed by atoms with E-state index in [2.05, 4.69) is 4.98 Å². The molecule has 0 aromatic carbocycles. The number of esters is 1. The first-order valence-corrected chi connectivity index (χ1v) is 5.13. The van der Waals surface area contributed by atoms with E-state index in [9.17, 15) is 4.79 Å². The maximum absolute atomic E-state index is 11.7. The number of aromatic nitrogens is 1. The van der Waals surface area contributed by atoms with Crippen LogP contribution in [-0.4, -0.2) is 17.6 Å². The highest BCUT2D eigenvalue weighted by atomic mass is 35.5. The molecule has 0 aliphatic heterocycles. The zero-order chi connectivity index (χ0) is 12.2. The van der Waals surface area contributed by atoms with E-state index in [1.807, 2.05) is 6.07 Å². The molecule has 16 heavy (non-hydrogen) atoms. The van der Waals surface area contributed by atoms with Crippen molar-refractivity contribution in [2.24, 2.45) is 0 Å². The maximum Gasteiger partial charge on any atom is 0.332 e. The van der Waals surface area contributed by atoms with Crippen molar-refractivity contribution in [2.45, 2.75) is 19.3 Å². The van der Waals surface area contributed by atoms with Gasteiger partial charge in [-0.2, -0.15) is 5.26 Å². The molecule has 0 saturated carbocycles. The molecule has 0 aliphatic carbocycles. The van der Waals surface area contributed by atoms with Gasteiger partial charge in [0.05, 0.1) is 23.4 Å². The summed E-state index contributed by atoms with van der Waals surface area (Å²) in [6.07, 6.45) is 1.39. The van der Waals surface area contributed by atoms with Crippen molar-refractivity contribution in [3.8, 4) is 6.07 Å². The summed E-state index contributed by atoms with van der Waals surface area (Å²) in [6.45, 7) is 3.38. The van der Waals surface area contributed by atoms with Crippen LogP contribution in [0, 0.1) is 11.3 Å². The summed E-state index contributed by atoms with van der Waals surface area (Å²) < 4.78 is 4.85. The second kappa shape index (κ2) is 4.95. The summed E-state index contributed by atoms with van der Waals surface area (Å²) >= 11 is 5.68. The number of nitrogens with zero attached hydrogens (tertiary/aromatic N) is 2. The smallest absolute Gasteiger partial charge is 0.332 e. The van der Waals surface area contributed by atoms with Crippen LogP contribution in [0.1, 0.15) is 19.5 Å². The lowest BCUT2D eigenvalue weighted by Crippen LogP contribution is -2.33. The molecule has 1 rings (SSSR count). The van der Waals surface area contributed by atoms with Crippen molar-refractivity contribution < 1.29 is 9.53 Å². The van der Waals surface area contributed by atoms with Crippen LogP contribution in [0.25, 0.3) is 0 Å². The molecule has 1 unspecified atom stereocenters. The average Bonchev–Trinajstić information content (AvgIpc) is 2.29. The normalized spacial score (nSPS) is 13.6. The van der Waals surface area contributed by atoms with E-state index >= 15 is 0 Å². The Morgan fingerprint density at radius 1 is 1.69 bits per heavy atom. The van der Waals surface area contributed by atoms with Gasteiger partial charge in [-0.1, -0.05) is 11.6 Å². The second-order valence-corrected chi connectivity index (χ2v) is 3.76. The predicted octanol–water partition coefficient (Wildman–Crippen LogP) is 2.08. The highest BCUT2D eigenvalue weighted by Crippen LogP contribution is 2.23. The van der Waals surface area contributed by atoms with Gasteiger partial charge in [0, 0.05) is 6.20 Å². The molecule has 0 aliphatic rings. The Hall–Kier alpha value is -1.60. The highest BCUT2D eigenvalue weighted by molar-refractivity contribution is 6.30. The number of pyridine rings is 1. The third-order valence-electron chi connectivity index (χ3n) is 2.15. The van der Waals surface area contributed by atoms with Crippen molar-refractivity contribution in [2.75, 3.05) is 6.61 Å². The van der Waals surface area contributed by atoms with Gasteiger partial charge in [0.2, 0.25) is 0 Å². The minimum absolute atomic E-state index is 0.226. The first-order valence-electron chi connectivity index (χ1n) is 4.75. The number of nitriles is 1. The quantitative estimate of drug-likeness (QED) is 0.757. The molecular formula is C11H11ClN2O2. The van der Waals surface area contributed by atoms with Crippen LogP contribution in [0.15, 0.2) is 18.3 Å². The van der Waals surface area contributed by atoms with E-state index in [-0.39, 0.29) is 6.61 Å². The molecule has 0 radical (unpaired) electrons. The van der Waals surface area contributed by atoms with Crippen LogP contribution in [0.4, 0.5) is 0 Å². The van der Waals surface area contributed by atoms with Gasteiger partial charge in [0.15, 0.2) is 5.41 Å². The number of rotatable bonds is 3. The SMILES string of the molecule is CCOC(=O)C(C)(C#N)c1ccc(Cl)cn1. The average molecular weight is 239 g/mol. The van der Waals surface area contributed by atoms with Gasteiger partial charge < -0.3 is 4.74 Å². The lowest BCUT2D eigenvalue weighted by molar-refractivity contribution is -0.147. The van der Waals surface area contributed by atoms with Crippen molar-refractivity contribution in [3.63, 3.8) is 0 Å². The van der Waals surface area contributed by atoms with E-state index < -0.39 is 11.4 Å². The minimum atomic E-state index is -1.39. The van der Waals surface area contributed by atoms with Crippen molar-refractivity contribution in [1.82, 2.24) is 4.98 Å². The first-order chi connectivity index (χ1) is 7.54. The molecule has 84 valence electrons. The molecule has 0 N–H and O–H groups in total. The van der Waals surface area contributed by atoms with Crippen molar-refractivity contribution >= 4 is 17.6 Å². The zero-order valence-corrected chi connectivity index (χ0v) is 9.78. The zero-order valence-electron chi connectivity index (χ0n) is 9.03. The number of carbonyl (C=O) groups is 1.